The minimum absolute atomic E-state index is 0.127. The van der Waals surface area contributed by atoms with Crippen LogP contribution in [0.1, 0.15) is 0 Å². The van der Waals surface area contributed by atoms with E-state index in [1.54, 1.807) is 7.05 Å². The van der Waals surface area contributed by atoms with Crippen molar-refractivity contribution >= 4 is 27.7 Å². The molecular formula is C2H5NOS2. The highest BCUT2D eigenvalue weighted by molar-refractivity contribution is 8.74. The number of hydrogen-bond acceptors (Lipinski definition) is 3. The molecule has 0 atom stereocenters. The lowest BCUT2D eigenvalue weighted by molar-refractivity contribution is 0.262. The van der Waals surface area contributed by atoms with Crippen LogP contribution in [0.3, 0.4) is 0 Å². The van der Waals surface area contributed by atoms with Gasteiger partial charge >= 0.3 is 0 Å². The average molecular weight is 123 g/mol. The summed E-state index contributed by atoms with van der Waals surface area (Å²) in [6, 6.07) is 0. The average Bonchev–Trinajstić information content (AvgIpc) is 1.65. The molecule has 0 fully saturated rings. The minimum atomic E-state index is -0.127. The standard InChI is InChI=1S/C2H5NOS2/c1-3-2(4)6-5/h5H,1H3,(H,3,4). The molecule has 0 unspecified atom stereocenters. The zero-order valence-electron chi connectivity index (χ0n) is 3.26. The fourth-order valence-electron chi connectivity index (χ4n) is 0.0456. The summed E-state index contributed by atoms with van der Waals surface area (Å²) in [5, 5.41) is 2.24. The Morgan fingerprint density at radius 1 is 2.00 bits per heavy atom. The van der Waals surface area contributed by atoms with Crippen molar-refractivity contribution in [3.8, 4) is 0 Å². The molecule has 0 aliphatic rings. The Labute approximate surface area is 45.5 Å². The third kappa shape index (κ3) is 2.41. The van der Waals surface area contributed by atoms with Gasteiger partial charge in [-0.15, -0.1) is 11.7 Å². The first-order valence-corrected chi connectivity index (χ1v) is 3.21. The number of rotatable bonds is 0. The van der Waals surface area contributed by atoms with Gasteiger partial charge in [0.2, 0.25) is 0 Å². The normalized spacial score (nSPS) is 7.67. The Morgan fingerprint density at radius 2 is 2.50 bits per heavy atom. The Hall–Kier alpha value is 0.170. The third-order valence-corrected chi connectivity index (χ3v) is 1.15. The first kappa shape index (κ1) is 6.17. The molecule has 0 radical (unpaired) electrons. The SMILES string of the molecule is CNC(=O)SS. The molecule has 0 rings (SSSR count). The van der Waals surface area contributed by atoms with Crippen molar-refractivity contribution in [2.45, 2.75) is 0 Å². The van der Waals surface area contributed by atoms with E-state index in [4.69, 9.17) is 0 Å². The minimum Gasteiger partial charge on any atom is -0.349 e. The maximum absolute atomic E-state index is 9.96. The van der Waals surface area contributed by atoms with Crippen molar-refractivity contribution in [2.75, 3.05) is 7.05 Å². The smallest absolute Gasteiger partial charge is 0.289 e. The van der Waals surface area contributed by atoms with E-state index in [0.29, 0.717) is 0 Å². The Morgan fingerprint density at radius 3 is 2.50 bits per heavy atom. The topological polar surface area (TPSA) is 29.1 Å². The molecule has 36 valence electrons. The van der Waals surface area contributed by atoms with Gasteiger partial charge in [-0.05, 0) is 0 Å². The zero-order valence-corrected chi connectivity index (χ0v) is 4.97. The fraction of sp³-hybridized carbons (Fsp3) is 0.500. The largest absolute Gasteiger partial charge is 0.349 e. The van der Waals surface area contributed by atoms with E-state index in [2.05, 4.69) is 17.0 Å². The van der Waals surface area contributed by atoms with Gasteiger partial charge in [0, 0.05) is 17.8 Å². The second kappa shape index (κ2) is 3.36. The number of carbonyl (C=O) groups is 1. The van der Waals surface area contributed by atoms with E-state index in [0.717, 1.165) is 10.8 Å². The van der Waals surface area contributed by atoms with E-state index in [-0.39, 0.29) is 5.24 Å². The zero-order chi connectivity index (χ0) is 4.99. The molecule has 4 heteroatoms. The second-order valence-electron chi connectivity index (χ2n) is 0.629. The van der Waals surface area contributed by atoms with Gasteiger partial charge in [0.15, 0.2) is 0 Å². The van der Waals surface area contributed by atoms with Crippen LogP contribution in [-0.2, 0) is 0 Å². The first-order valence-electron chi connectivity index (χ1n) is 1.34. The molecule has 6 heavy (non-hydrogen) atoms. The van der Waals surface area contributed by atoms with Crippen molar-refractivity contribution in [1.29, 1.82) is 0 Å². The van der Waals surface area contributed by atoms with E-state index >= 15 is 0 Å². The summed E-state index contributed by atoms with van der Waals surface area (Å²) in [4.78, 5) is 9.96. The van der Waals surface area contributed by atoms with E-state index in [9.17, 15) is 4.79 Å². The second-order valence-corrected chi connectivity index (χ2v) is 1.73. The van der Waals surface area contributed by atoms with E-state index < -0.39 is 0 Å². The molecule has 0 aromatic carbocycles. The molecule has 0 saturated heterocycles. The molecule has 0 heterocycles. The summed E-state index contributed by atoms with van der Waals surface area (Å²) < 4.78 is 0. The molecule has 0 bridgehead atoms. The third-order valence-electron chi connectivity index (χ3n) is 0.287. The van der Waals surface area contributed by atoms with Gasteiger partial charge < -0.3 is 5.32 Å². The van der Waals surface area contributed by atoms with Crippen LogP contribution >= 0.6 is 22.5 Å². The summed E-state index contributed by atoms with van der Waals surface area (Å²) in [6.45, 7) is 0. The summed E-state index contributed by atoms with van der Waals surface area (Å²) in [5.74, 6) is 0. The van der Waals surface area contributed by atoms with Crippen LogP contribution < -0.4 is 5.32 Å². The van der Waals surface area contributed by atoms with E-state index in [1.807, 2.05) is 0 Å². The lowest BCUT2D eigenvalue weighted by Gasteiger charge is -1.85. The van der Waals surface area contributed by atoms with Crippen LogP contribution in [0.4, 0.5) is 4.79 Å². The fourth-order valence-corrected chi connectivity index (χ4v) is 0.411. The molecule has 0 saturated carbocycles. The van der Waals surface area contributed by atoms with Gasteiger partial charge in [0.1, 0.15) is 0 Å². The summed E-state index contributed by atoms with van der Waals surface area (Å²) in [6.07, 6.45) is 0. The molecule has 0 spiro atoms. The number of carbonyl (C=O) groups excluding carboxylic acids is 1. The number of nitrogens with one attached hydrogen (secondary N) is 1. The maximum Gasteiger partial charge on any atom is 0.289 e. The molecule has 2 nitrogen and oxygen atoms in total. The van der Waals surface area contributed by atoms with Crippen LogP contribution in [0, 0.1) is 0 Å². The van der Waals surface area contributed by atoms with Crippen LogP contribution in [0.25, 0.3) is 0 Å². The molecule has 0 aliphatic carbocycles. The quantitative estimate of drug-likeness (QED) is 0.370. The lowest BCUT2D eigenvalue weighted by Crippen LogP contribution is -2.08. The molecule has 0 aromatic heterocycles. The number of thiol groups is 1. The van der Waals surface area contributed by atoms with Crippen molar-refractivity contribution in [3.05, 3.63) is 0 Å². The predicted molar refractivity (Wildman–Crippen MR) is 31.0 cm³/mol. The van der Waals surface area contributed by atoms with Gasteiger partial charge in [-0.25, -0.2) is 0 Å². The summed E-state index contributed by atoms with van der Waals surface area (Å²) >= 11 is 3.60. The van der Waals surface area contributed by atoms with E-state index in [1.165, 1.54) is 0 Å². The maximum atomic E-state index is 9.96. The number of hydrogen-bond donors (Lipinski definition) is 2. The van der Waals surface area contributed by atoms with Crippen LogP contribution in [0.15, 0.2) is 0 Å². The molecule has 0 aromatic rings. The molecule has 1 amide bonds. The highest BCUT2D eigenvalue weighted by Gasteiger charge is 1.86. The van der Waals surface area contributed by atoms with Crippen LogP contribution in [0.5, 0.6) is 0 Å². The monoisotopic (exact) mass is 123 g/mol. The highest BCUT2D eigenvalue weighted by Crippen LogP contribution is 2.03. The predicted octanol–water partition coefficient (Wildman–Crippen LogP) is 0.904. The summed E-state index contributed by atoms with van der Waals surface area (Å²) in [7, 11) is 2.43. The highest BCUT2D eigenvalue weighted by atomic mass is 33.1. The Kier molecular flexibility index (Phi) is 3.46. The molecule has 1 N–H and O–H groups in total. The van der Waals surface area contributed by atoms with Crippen molar-refractivity contribution in [3.63, 3.8) is 0 Å². The first-order chi connectivity index (χ1) is 2.81. The molecular weight excluding hydrogens is 118 g/mol. The van der Waals surface area contributed by atoms with Gasteiger partial charge in [-0.3, -0.25) is 4.79 Å². The van der Waals surface area contributed by atoms with Crippen LogP contribution in [-0.4, -0.2) is 12.3 Å². The Bertz CT molecular complexity index is 49.5. The Balaban J connectivity index is 2.99. The van der Waals surface area contributed by atoms with Gasteiger partial charge in [0.25, 0.3) is 5.24 Å². The van der Waals surface area contributed by atoms with Gasteiger partial charge in [0.05, 0.1) is 0 Å². The summed E-state index contributed by atoms with van der Waals surface area (Å²) in [5.41, 5.74) is 0. The number of amides is 1. The molecule has 0 aliphatic heterocycles. The lowest BCUT2D eigenvalue weighted by atomic mass is 11.2. The van der Waals surface area contributed by atoms with Gasteiger partial charge in [-0.1, -0.05) is 0 Å². The van der Waals surface area contributed by atoms with Gasteiger partial charge in [-0.2, -0.15) is 0 Å². The van der Waals surface area contributed by atoms with Crippen molar-refractivity contribution < 1.29 is 4.79 Å². The van der Waals surface area contributed by atoms with Crippen LogP contribution in [0.2, 0.25) is 0 Å². The van der Waals surface area contributed by atoms with Crippen molar-refractivity contribution in [2.24, 2.45) is 0 Å². The van der Waals surface area contributed by atoms with Crippen molar-refractivity contribution in [1.82, 2.24) is 5.32 Å².